The first-order chi connectivity index (χ1) is 17.7. The van der Waals surface area contributed by atoms with Gasteiger partial charge in [-0.15, -0.1) is 0 Å². The summed E-state index contributed by atoms with van der Waals surface area (Å²) in [6, 6.07) is 6.73. The van der Waals surface area contributed by atoms with Gasteiger partial charge in [-0.05, 0) is 18.4 Å². The van der Waals surface area contributed by atoms with E-state index in [-0.39, 0.29) is 13.5 Å². The van der Waals surface area contributed by atoms with Crippen LogP contribution in [0, 0.1) is 11.3 Å². The monoisotopic (exact) mass is 564 g/mol. The predicted molar refractivity (Wildman–Crippen MR) is 148 cm³/mol. The van der Waals surface area contributed by atoms with Crippen LogP contribution in [-0.4, -0.2) is 69.7 Å². The smallest absolute Gasteiger partial charge is 0.189 e. The first kappa shape index (κ1) is 29.2. The van der Waals surface area contributed by atoms with Gasteiger partial charge in [0.25, 0.3) is 0 Å². The summed E-state index contributed by atoms with van der Waals surface area (Å²) in [4.78, 5) is 9.44. The third-order valence-electron chi connectivity index (χ3n) is 5.46. The van der Waals surface area contributed by atoms with Crippen LogP contribution in [0.15, 0.2) is 23.5 Å². The van der Waals surface area contributed by atoms with Gasteiger partial charge >= 0.3 is 0 Å². The van der Waals surface area contributed by atoms with E-state index in [4.69, 9.17) is 45.3 Å². The Morgan fingerprint density at radius 2 is 1.86 bits per heavy atom. The number of aromatic nitrogens is 3. The van der Waals surface area contributed by atoms with Crippen LogP contribution in [0.4, 0.5) is 0 Å². The number of thioether (sulfide) groups is 1. The second-order valence-electron chi connectivity index (χ2n) is 9.38. The van der Waals surface area contributed by atoms with Crippen LogP contribution < -0.4 is 9.47 Å². The summed E-state index contributed by atoms with van der Waals surface area (Å²) in [5.74, 6) is 0.887. The standard InChI is InChI=1S/C25H33ClN4O5SSi/c1-31-7-8-34-16-35-21-11-18(19(26)12-20(21)32-2)23-22-17(13-27)14-30(15-33-9-10-37(4,5)6)24(22)29-25(28-23)36-3/h11-12,14H,7-10,15-16H2,1-6H3. The molecule has 1 aromatic carbocycles. The van der Waals surface area contributed by atoms with Gasteiger partial charge in [0.1, 0.15) is 18.4 Å². The molecule has 0 aliphatic heterocycles. The molecule has 9 nitrogen and oxygen atoms in total. The van der Waals surface area contributed by atoms with Crippen LogP contribution in [-0.2, 0) is 20.9 Å². The molecule has 0 unspecified atom stereocenters. The summed E-state index contributed by atoms with van der Waals surface area (Å²) in [6.45, 7) is 8.72. The molecule has 2 heterocycles. The van der Waals surface area contributed by atoms with E-state index in [1.54, 1.807) is 25.4 Å². The molecule has 3 rings (SSSR count). The lowest BCUT2D eigenvalue weighted by atomic mass is 10.1. The molecule has 0 radical (unpaired) electrons. The van der Waals surface area contributed by atoms with Gasteiger partial charge in [-0.3, -0.25) is 0 Å². The van der Waals surface area contributed by atoms with Gasteiger partial charge < -0.3 is 28.3 Å². The van der Waals surface area contributed by atoms with E-state index < -0.39 is 8.07 Å². The van der Waals surface area contributed by atoms with E-state index in [9.17, 15) is 5.26 Å². The van der Waals surface area contributed by atoms with Gasteiger partial charge in [0.05, 0.1) is 42.0 Å². The minimum atomic E-state index is -1.22. The Hall–Kier alpha value is -2.33. The Bertz CT molecular complexity index is 1260. The maximum Gasteiger partial charge on any atom is 0.189 e. The zero-order chi connectivity index (χ0) is 27.0. The van der Waals surface area contributed by atoms with E-state index in [1.165, 1.54) is 18.9 Å². The lowest BCUT2D eigenvalue weighted by Crippen LogP contribution is -2.22. The third-order valence-corrected chi connectivity index (χ3v) is 8.03. The normalized spacial score (nSPS) is 11.6. The Balaban J connectivity index is 2.04. The predicted octanol–water partition coefficient (Wildman–Crippen LogP) is 5.67. The molecule has 0 aliphatic rings. The van der Waals surface area contributed by atoms with Crippen molar-refractivity contribution >= 4 is 42.5 Å². The summed E-state index contributed by atoms with van der Waals surface area (Å²) in [5, 5.41) is 11.5. The quantitative estimate of drug-likeness (QED) is 0.0806. The minimum absolute atomic E-state index is 0.00459. The zero-order valence-electron chi connectivity index (χ0n) is 22.1. The highest BCUT2D eigenvalue weighted by Crippen LogP contribution is 2.41. The molecule has 0 atom stereocenters. The summed E-state index contributed by atoms with van der Waals surface area (Å²) in [5.41, 5.74) is 2.16. The number of nitrogens with zero attached hydrogens (tertiary/aromatic N) is 4. The van der Waals surface area contributed by atoms with Crippen LogP contribution in [0.1, 0.15) is 5.56 Å². The van der Waals surface area contributed by atoms with Crippen molar-refractivity contribution in [2.75, 3.05) is 47.1 Å². The summed E-state index contributed by atoms with van der Waals surface area (Å²) < 4.78 is 29.5. The van der Waals surface area contributed by atoms with Crippen molar-refractivity contribution in [1.29, 1.82) is 5.26 Å². The molecule has 2 aromatic heterocycles. The van der Waals surface area contributed by atoms with Crippen molar-refractivity contribution in [2.24, 2.45) is 0 Å². The van der Waals surface area contributed by atoms with Gasteiger partial charge in [-0.25, -0.2) is 9.97 Å². The number of nitriles is 1. The maximum absolute atomic E-state index is 9.95. The molecule has 0 spiro atoms. The van der Waals surface area contributed by atoms with E-state index in [0.29, 0.717) is 69.4 Å². The topological polar surface area (TPSA) is 101 Å². The number of methoxy groups -OCH3 is 2. The fourth-order valence-corrected chi connectivity index (χ4v) is 4.83. The Kier molecular flexibility index (Phi) is 10.6. The van der Waals surface area contributed by atoms with Crippen molar-refractivity contribution in [3.63, 3.8) is 0 Å². The van der Waals surface area contributed by atoms with Crippen LogP contribution in [0.3, 0.4) is 0 Å². The van der Waals surface area contributed by atoms with Crippen molar-refractivity contribution in [2.45, 2.75) is 37.6 Å². The maximum atomic E-state index is 9.95. The Morgan fingerprint density at radius 1 is 1.08 bits per heavy atom. The highest BCUT2D eigenvalue weighted by Gasteiger charge is 2.22. The average Bonchev–Trinajstić information content (AvgIpc) is 3.23. The molecule has 200 valence electrons. The first-order valence-corrected chi connectivity index (χ1v) is 17.0. The van der Waals surface area contributed by atoms with Gasteiger partial charge in [-0.2, -0.15) is 5.26 Å². The van der Waals surface area contributed by atoms with Gasteiger partial charge in [0, 0.05) is 39.6 Å². The SMILES string of the molecule is COCCOCOc1cc(-c2nc(SC)nc3c2c(C#N)cn3COCC[Si](C)(C)C)c(Cl)cc1OC. The molecular weight excluding hydrogens is 532 g/mol. The van der Waals surface area contributed by atoms with Crippen molar-refractivity contribution < 1.29 is 23.7 Å². The Morgan fingerprint density at radius 3 is 2.51 bits per heavy atom. The lowest BCUT2D eigenvalue weighted by Gasteiger charge is -2.16. The summed E-state index contributed by atoms with van der Waals surface area (Å²) in [7, 11) is 1.92. The molecule has 0 fully saturated rings. The molecule has 0 N–H and O–H groups in total. The second-order valence-corrected chi connectivity index (χ2v) is 16.2. The molecule has 12 heteroatoms. The van der Waals surface area contributed by atoms with Crippen molar-refractivity contribution in [1.82, 2.24) is 14.5 Å². The van der Waals surface area contributed by atoms with E-state index >= 15 is 0 Å². The van der Waals surface area contributed by atoms with Crippen LogP contribution in [0.25, 0.3) is 22.3 Å². The molecule has 0 saturated carbocycles. The number of fused-ring (bicyclic) bond motifs is 1. The fraction of sp³-hybridized carbons (Fsp3) is 0.480. The molecule has 0 aliphatic carbocycles. The molecular formula is C25H33ClN4O5SSi. The van der Waals surface area contributed by atoms with Gasteiger partial charge in [0.2, 0.25) is 0 Å². The van der Waals surface area contributed by atoms with E-state index in [0.717, 1.165) is 6.04 Å². The van der Waals surface area contributed by atoms with Crippen molar-refractivity contribution in [3.05, 3.63) is 28.9 Å². The van der Waals surface area contributed by atoms with Gasteiger partial charge in [0.15, 0.2) is 23.4 Å². The number of rotatable bonds is 14. The largest absolute Gasteiger partial charge is 0.493 e. The first-order valence-electron chi connectivity index (χ1n) is 11.7. The molecule has 0 bridgehead atoms. The molecule has 37 heavy (non-hydrogen) atoms. The lowest BCUT2D eigenvalue weighted by molar-refractivity contribution is -0.00942. The number of halogens is 1. The zero-order valence-corrected chi connectivity index (χ0v) is 24.7. The number of benzene rings is 1. The highest BCUT2D eigenvalue weighted by atomic mass is 35.5. The van der Waals surface area contributed by atoms with E-state index in [1.807, 2.05) is 10.8 Å². The number of hydrogen-bond acceptors (Lipinski definition) is 9. The minimum Gasteiger partial charge on any atom is -0.493 e. The highest BCUT2D eigenvalue weighted by molar-refractivity contribution is 7.98. The summed E-state index contributed by atoms with van der Waals surface area (Å²) in [6.07, 6.45) is 3.65. The summed E-state index contributed by atoms with van der Waals surface area (Å²) >= 11 is 8.10. The van der Waals surface area contributed by atoms with Crippen LogP contribution in [0.2, 0.25) is 30.7 Å². The van der Waals surface area contributed by atoms with Crippen molar-refractivity contribution in [3.8, 4) is 28.8 Å². The second kappa shape index (κ2) is 13.5. The number of ether oxygens (including phenoxy) is 5. The Labute approximate surface area is 228 Å². The van der Waals surface area contributed by atoms with Crippen LogP contribution >= 0.6 is 23.4 Å². The average molecular weight is 565 g/mol. The third kappa shape index (κ3) is 7.60. The van der Waals surface area contributed by atoms with Gasteiger partial charge in [-0.1, -0.05) is 43.0 Å². The van der Waals surface area contributed by atoms with E-state index in [2.05, 4.69) is 25.7 Å². The fourth-order valence-electron chi connectivity index (χ4n) is 3.47. The molecule has 3 aromatic rings. The molecule has 0 amide bonds. The molecule has 0 saturated heterocycles. The number of hydrogen-bond donors (Lipinski definition) is 0. The van der Waals surface area contributed by atoms with Crippen LogP contribution in [0.5, 0.6) is 11.5 Å².